The molecule has 8 nitrogen and oxygen atoms in total. The van der Waals surface area contributed by atoms with E-state index in [2.05, 4.69) is 19.2 Å². The molecule has 43 heavy (non-hydrogen) atoms. The highest BCUT2D eigenvalue weighted by molar-refractivity contribution is 7.47. The van der Waals surface area contributed by atoms with Gasteiger partial charge < -0.3 is 19.8 Å². The van der Waals surface area contributed by atoms with E-state index in [1.165, 1.54) is 96.3 Å². The first-order chi connectivity index (χ1) is 20.5. The number of hydrogen-bond acceptors (Lipinski definition) is 5. The van der Waals surface area contributed by atoms with E-state index in [1.54, 1.807) is 0 Å². The van der Waals surface area contributed by atoms with Crippen molar-refractivity contribution < 1.29 is 32.9 Å². The largest absolute Gasteiger partial charge is 0.472 e. The molecular formula is C34H72N2O6P+. The summed E-state index contributed by atoms with van der Waals surface area (Å²) in [5, 5.41) is 13.8. The molecule has 1 amide bonds. The van der Waals surface area contributed by atoms with Crippen LogP contribution in [0.5, 0.6) is 0 Å². The van der Waals surface area contributed by atoms with E-state index in [0.29, 0.717) is 23.9 Å². The quantitative estimate of drug-likeness (QED) is 0.0388. The van der Waals surface area contributed by atoms with Gasteiger partial charge in [-0.3, -0.25) is 13.8 Å². The maximum absolute atomic E-state index is 12.7. The number of nitrogens with one attached hydrogen (secondary N) is 1. The van der Waals surface area contributed by atoms with Crippen molar-refractivity contribution in [1.82, 2.24) is 5.32 Å². The fourth-order valence-electron chi connectivity index (χ4n) is 5.16. The molecule has 258 valence electrons. The predicted octanol–water partition coefficient (Wildman–Crippen LogP) is 8.68. The maximum atomic E-state index is 12.7. The second kappa shape index (κ2) is 27.8. The van der Waals surface area contributed by atoms with Crippen molar-refractivity contribution in [2.24, 2.45) is 0 Å². The number of hydrogen-bond donors (Lipinski definition) is 3. The summed E-state index contributed by atoms with van der Waals surface area (Å²) in [6.45, 7) is 4.82. The Balaban J connectivity index is 4.43. The van der Waals surface area contributed by atoms with Crippen molar-refractivity contribution in [3.63, 3.8) is 0 Å². The maximum Gasteiger partial charge on any atom is 0.472 e. The van der Waals surface area contributed by atoms with E-state index in [1.807, 2.05) is 21.1 Å². The van der Waals surface area contributed by atoms with Crippen LogP contribution in [0.15, 0.2) is 0 Å². The lowest BCUT2D eigenvalue weighted by Crippen LogP contribution is -2.46. The van der Waals surface area contributed by atoms with Crippen LogP contribution in [-0.4, -0.2) is 73.4 Å². The normalized spacial score (nSPS) is 14.9. The molecule has 0 aromatic carbocycles. The molecule has 0 rings (SSSR count). The summed E-state index contributed by atoms with van der Waals surface area (Å²) in [4.78, 5) is 22.8. The van der Waals surface area contributed by atoms with Gasteiger partial charge in [0.25, 0.3) is 0 Å². The Bertz CT molecular complexity index is 688. The zero-order valence-electron chi connectivity index (χ0n) is 29.0. The summed E-state index contributed by atoms with van der Waals surface area (Å²) in [5.74, 6) is -0.152. The molecule has 0 aliphatic rings. The smallest absolute Gasteiger partial charge is 0.391 e. The van der Waals surface area contributed by atoms with E-state index >= 15 is 0 Å². The van der Waals surface area contributed by atoms with E-state index in [-0.39, 0.29) is 19.1 Å². The minimum absolute atomic E-state index is 0.0775. The van der Waals surface area contributed by atoms with Gasteiger partial charge in [-0.05, 0) is 12.8 Å². The minimum Gasteiger partial charge on any atom is -0.391 e. The Morgan fingerprint density at radius 3 is 1.56 bits per heavy atom. The zero-order valence-corrected chi connectivity index (χ0v) is 29.9. The highest BCUT2D eigenvalue weighted by Gasteiger charge is 2.28. The Hall–Kier alpha value is -0.500. The molecule has 0 saturated carbocycles. The van der Waals surface area contributed by atoms with E-state index < -0.39 is 20.0 Å². The van der Waals surface area contributed by atoms with E-state index in [0.717, 1.165) is 38.5 Å². The summed E-state index contributed by atoms with van der Waals surface area (Å²) >= 11 is 0. The lowest BCUT2D eigenvalue weighted by molar-refractivity contribution is -0.870. The third kappa shape index (κ3) is 29.9. The van der Waals surface area contributed by atoms with Crippen LogP contribution in [0.4, 0.5) is 0 Å². The molecule has 0 fully saturated rings. The number of carbonyl (C=O) groups is 1. The monoisotopic (exact) mass is 636 g/mol. The molecule has 0 aromatic rings. The summed E-state index contributed by atoms with van der Waals surface area (Å²) in [5.41, 5.74) is 0. The molecule has 0 spiro atoms. The van der Waals surface area contributed by atoms with Gasteiger partial charge in [-0.15, -0.1) is 0 Å². The number of unbranched alkanes of at least 4 members (excludes halogenated alkanes) is 19. The lowest BCUT2D eigenvalue weighted by Gasteiger charge is -2.26. The van der Waals surface area contributed by atoms with E-state index in [4.69, 9.17) is 9.05 Å². The van der Waals surface area contributed by atoms with Crippen LogP contribution in [0, 0.1) is 0 Å². The number of aliphatic hydroxyl groups is 1. The van der Waals surface area contributed by atoms with Crippen molar-refractivity contribution in [3.8, 4) is 0 Å². The molecule has 0 heterocycles. The molecule has 0 radical (unpaired) electrons. The standard InChI is InChI=1S/C34H71N2O6P/c1-6-8-10-12-14-15-16-17-18-19-20-22-23-25-27-33(37)32(31-42-43(39,40)41-30-29-36(3,4)5)35-34(38)28-26-24-21-13-11-9-7-2/h32-33,37H,6-31H2,1-5H3,(H-,35,38,39,40)/p+1/t32-,33+/m0/s1. The average Bonchev–Trinajstić information content (AvgIpc) is 2.94. The van der Waals surface area contributed by atoms with Crippen molar-refractivity contribution in [2.75, 3.05) is 40.9 Å². The number of amides is 1. The molecule has 0 aromatic heterocycles. The molecule has 0 aliphatic carbocycles. The van der Waals surface area contributed by atoms with Gasteiger partial charge >= 0.3 is 7.82 Å². The fraction of sp³-hybridized carbons (Fsp3) is 0.971. The summed E-state index contributed by atoms with van der Waals surface area (Å²) in [6.07, 6.45) is 25.6. The summed E-state index contributed by atoms with van der Waals surface area (Å²) in [6, 6.07) is -0.749. The highest BCUT2D eigenvalue weighted by atomic mass is 31.2. The van der Waals surface area contributed by atoms with Crippen LogP contribution in [0.2, 0.25) is 0 Å². The molecule has 3 N–H and O–H groups in total. The molecule has 9 heteroatoms. The number of phosphoric ester groups is 1. The number of rotatable bonds is 32. The van der Waals surface area contributed by atoms with Crippen molar-refractivity contribution in [1.29, 1.82) is 0 Å². The SMILES string of the molecule is CCCCCCCCCCCCCCCC[C@@H](O)[C@H](COP(=O)(O)OCC[N+](C)(C)C)NC(=O)CCCCCCCCC. The van der Waals surface area contributed by atoms with Crippen LogP contribution < -0.4 is 5.32 Å². The van der Waals surface area contributed by atoms with Gasteiger partial charge in [-0.2, -0.15) is 0 Å². The van der Waals surface area contributed by atoms with E-state index in [9.17, 15) is 19.4 Å². The third-order valence-corrected chi connectivity index (χ3v) is 9.09. The van der Waals surface area contributed by atoms with Gasteiger partial charge in [-0.25, -0.2) is 4.57 Å². The molecule has 0 saturated heterocycles. The first-order valence-electron chi connectivity index (χ1n) is 17.9. The Kier molecular flexibility index (Phi) is 27.5. The Labute approximate surface area is 266 Å². The third-order valence-electron chi connectivity index (χ3n) is 8.11. The van der Waals surface area contributed by atoms with Gasteiger partial charge in [0.15, 0.2) is 0 Å². The number of aliphatic hydroxyl groups excluding tert-OH is 1. The number of phosphoric acid groups is 1. The highest BCUT2D eigenvalue weighted by Crippen LogP contribution is 2.43. The average molecular weight is 636 g/mol. The molecular weight excluding hydrogens is 563 g/mol. The molecule has 1 unspecified atom stereocenters. The van der Waals surface area contributed by atoms with Gasteiger partial charge in [-0.1, -0.05) is 142 Å². The molecule has 3 atom stereocenters. The summed E-state index contributed by atoms with van der Waals surface area (Å²) < 4.78 is 23.4. The Morgan fingerprint density at radius 2 is 1.12 bits per heavy atom. The summed E-state index contributed by atoms with van der Waals surface area (Å²) in [7, 11) is 1.62. The number of carbonyl (C=O) groups excluding carboxylic acids is 1. The second-order valence-electron chi connectivity index (χ2n) is 13.6. The Morgan fingerprint density at radius 1 is 0.698 bits per heavy atom. The second-order valence-corrected chi connectivity index (χ2v) is 15.1. The lowest BCUT2D eigenvalue weighted by atomic mass is 10.0. The van der Waals surface area contributed by atoms with Crippen LogP contribution >= 0.6 is 7.82 Å². The number of nitrogens with zero attached hydrogens (tertiary/aromatic N) is 1. The minimum atomic E-state index is -4.29. The number of quaternary nitrogens is 1. The van der Waals surface area contributed by atoms with Crippen LogP contribution in [0.25, 0.3) is 0 Å². The molecule has 0 aliphatic heterocycles. The topological polar surface area (TPSA) is 105 Å². The molecule has 0 bridgehead atoms. The zero-order chi connectivity index (χ0) is 32.2. The van der Waals surface area contributed by atoms with Crippen LogP contribution in [-0.2, 0) is 18.4 Å². The van der Waals surface area contributed by atoms with Crippen molar-refractivity contribution in [3.05, 3.63) is 0 Å². The van der Waals surface area contributed by atoms with Crippen LogP contribution in [0.3, 0.4) is 0 Å². The number of likely N-dealkylation sites (N-methyl/N-ethyl adjacent to an activating group) is 1. The van der Waals surface area contributed by atoms with Gasteiger partial charge in [0.1, 0.15) is 13.2 Å². The first kappa shape index (κ1) is 42.5. The van der Waals surface area contributed by atoms with Gasteiger partial charge in [0, 0.05) is 6.42 Å². The predicted molar refractivity (Wildman–Crippen MR) is 180 cm³/mol. The van der Waals surface area contributed by atoms with Crippen molar-refractivity contribution in [2.45, 2.75) is 174 Å². The van der Waals surface area contributed by atoms with Gasteiger partial charge in [0.05, 0.1) is 39.9 Å². The van der Waals surface area contributed by atoms with Crippen molar-refractivity contribution >= 4 is 13.7 Å². The fourth-order valence-corrected chi connectivity index (χ4v) is 5.90. The van der Waals surface area contributed by atoms with Crippen LogP contribution in [0.1, 0.15) is 162 Å². The first-order valence-corrected chi connectivity index (χ1v) is 19.4. The van der Waals surface area contributed by atoms with Gasteiger partial charge in [0.2, 0.25) is 5.91 Å².